The zero-order chi connectivity index (χ0) is 20.1. The smallest absolute Gasteiger partial charge is 0.256 e. The Kier molecular flexibility index (Phi) is 6.68. The van der Waals surface area contributed by atoms with Gasteiger partial charge in [-0.25, -0.2) is 0 Å². The van der Waals surface area contributed by atoms with E-state index in [1.807, 2.05) is 42.7 Å². The number of thioether (sulfide) groups is 1. The Morgan fingerprint density at radius 2 is 1.79 bits per heavy atom. The number of hydrogen-bond donors (Lipinski definition) is 1. The number of likely N-dealkylation sites (tertiary alicyclic amines) is 1. The Labute approximate surface area is 172 Å². The number of rotatable bonds is 7. The molecule has 2 aromatic carbocycles. The molecule has 0 aliphatic carbocycles. The third kappa shape index (κ3) is 4.20. The van der Waals surface area contributed by atoms with Gasteiger partial charge in [-0.05, 0) is 63.7 Å². The number of methoxy groups -OCH3 is 1. The van der Waals surface area contributed by atoms with Crippen molar-refractivity contribution < 1.29 is 9.53 Å². The average Bonchev–Trinajstić information content (AvgIpc) is 3.27. The summed E-state index contributed by atoms with van der Waals surface area (Å²) < 4.78 is 5.50. The molecule has 1 N–H and O–H groups in total. The van der Waals surface area contributed by atoms with Gasteiger partial charge in [0.2, 0.25) is 0 Å². The highest BCUT2D eigenvalue weighted by Crippen LogP contribution is 2.35. The van der Waals surface area contributed by atoms with Crippen molar-refractivity contribution in [1.29, 1.82) is 0 Å². The molecule has 28 heavy (non-hydrogen) atoms. The Hall–Kier alpha value is -1.98. The van der Waals surface area contributed by atoms with E-state index in [4.69, 9.17) is 4.74 Å². The third-order valence-corrected chi connectivity index (χ3v) is 6.47. The molecule has 0 radical (unpaired) electrons. The molecule has 0 saturated carbocycles. The van der Waals surface area contributed by atoms with Crippen LogP contribution in [0.4, 0.5) is 0 Å². The van der Waals surface area contributed by atoms with E-state index in [0.29, 0.717) is 11.3 Å². The molecule has 1 fully saturated rings. The average molecular weight is 399 g/mol. The molecule has 1 unspecified atom stereocenters. The first kappa shape index (κ1) is 20.7. The zero-order valence-electron chi connectivity index (χ0n) is 17.2. The highest BCUT2D eigenvalue weighted by molar-refractivity contribution is 7.98. The number of nitrogens with one attached hydrogen (secondary N) is 1. The molecule has 5 heteroatoms. The predicted molar refractivity (Wildman–Crippen MR) is 116 cm³/mol. The van der Waals surface area contributed by atoms with Gasteiger partial charge >= 0.3 is 0 Å². The Morgan fingerprint density at radius 1 is 1.11 bits per heavy atom. The van der Waals surface area contributed by atoms with Crippen LogP contribution in [0, 0.1) is 0 Å². The molecule has 3 rings (SSSR count). The van der Waals surface area contributed by atoms with Gasteiger partial charge in [0.15, 0.2) is 0 Å². The lowest BCUT2D eigenvalue weighted by Gasteiger charge is -2.42. The second-order valence-corrected chi connectivity index (χ2v) is 8.55. The van der Waals surface area contributed by atoms with Gasteiger partial charge in [0.1, 0.15) is 5.75 Å². The largest absolute Gasteiger partial charge is 0.496 e. The van der Waals surface area contributed by atoms with E-state index in [0.717, 1.165) is 23.5 Å². The normalized spacial score (nSPS) is 16.0. The number of hydrogen-bond acceptors (Lipinski definition) is 4. The van der Waals surface area contributed by atoms with Crippen molar-refractivity contribution in [3.63, 3.8) is 0 Å². The molecule has 150 valence electrons. The van der Waals surface area contributed by atoms with Crippen molar-refractivity contribution in [3.05, 3.63) is 59.7 Å². The van der Waals surface area contributed by atoms with Crippen LogP contribution in [-0.4, -0.2) is 42.8 Å². The predicted octanol–water partition coefficient (Wildman–Crippen LogP) is 4.76. The molecule has 4 nitrogen and oxygen atoms in total. The van der Waals surface area contributed by atoms with Crippen LogP contribution in [0.3, 0.4) is 0 Å². The summed E-state index contributed by atoms with van der Waals surface area (Å²) >= 11 is 1.56. The summed E-state index contributed by atoms with van der Waals surface area (Å²) in [6.07, 6.45) is 4.40. The SMILES string of the molecule is COc1cccc(SC)c1C(=O)NC(c1ccccc1)C(C)(C)N1CCCC1. The first-order chi connectivity index (χ1) is 13.5. The summed E-state index contributed by atoms with van der Waals surface area (Å²) in [6, 6.07) is 15.9. The van der Waals surface area contributed by atoms with Crippen molar-refractivity contribution in [3.8, 4) is 5.75 Å². The number of carbonyl (C=O) groups excluding carboxylic acids is 1. The Balaban J connectivity index is 1.98. The van der Waals surface area contributed by atoms with Gasteiger partial charge in [0.05, 0.1) is 18.7 Å². The quantitative estimate of drug-likeness (QED) is 0.683. The fraction of sp³-hybridized carbons (Fsp3) is 0.435. The summed E-state index contributed by atoms with van der Waals surface area (Å²) in [5.41, 5.74) is 1.53. The van der Waals surface area contributed by atoms with Gasteiger partial charge in [0.25, 0.3) is 5.91 Å². The van der Waals surface area contributed by atoms with E-state index in [-0.39, 0.29) is 17.5 Å². The van der Waals surface area contributed by atoms with Crippen LogP contribution in [0.1, 0.15) is 48.7 Å². The second kappa shape index (κ2) is 9.01. The fourth-order valence-electron chi connectivity index (χ4n) is 4.07. The molecule has 0 bridgehead atoms. The van der Waals surface area contributed by atoms with Crippen LogP contribution in [-0.2, 0) is 0 Å². The van der Waals surface area contributed by atoms with Crippen molar-refractivity contribution in [2.45, 2.75) is 43.2 Å². The van der Waals surface area contributed by atoms with Gasteiger partial charge in [-0.1, -0.05) is 36.4 Å². The summed E-state index contributed by atoms with van der Waals surface area (Å²) in [5.74, 6) is 0.512. The summed E-state index contributed by atoms with van der Waals surface area (Å²) in [6.45, 7) is 6.59. The topological polar surface area (TPSA) is 41.6 Å². The van der Waals surface area contributed by atoms with Gasteiger partial charge in [-0.2, -0.15) is 0 Å². The van der Waals surface area contributed by atoms with Gasteiger partial charge in [-0.15, -0.1) is 11.8 Å². The van der Waals surface area contributed by atoms with E-state index in [9.17, 15) is 4.79 Å². The van der Waals surface area contributed by atoms with Crippen LogP contribution in [0.25, 0.3) is 0 Å². The van der Waals surface area contributed by atoms with Crippen molar-refractivity contribution in [2.24, 2.45) is 0 Å². The molecular weight excluding hydrogens is 368 g/mol. The van der Waals surface area contributed by atoms with Crippen molar-refractivity contribution in [1.82, 2.24) is 10.2 Å². The van der Waals surface area contributed by atoms with E-state index in [1.54, 1.807) is 18.9 Å². The van der Waals surface area contributed by atoms with Crippen LogP contribution >= 0.6 is 11.8 Å². The first-order valence-corrected chi connectivity index (χ1v) is 11.0. The molecule has 0 aromatic heterocycles. The fourth-order valence-corrected chi connectivity index (χ4v) is 4.68. The number of benzene rings is 2. The monoisotopic (exact) mass is 398 g/mol. The molecule has 1 amide bonds. The van der Waals surface area contributed by atoms with Gasteiger partial charge in [-0.3, -0.25) is 9.69 Å². The van der Waals surface area contributed by atoms with Crippen LogP contribution in [0.15, 0.2) is 53.4 Å². The molecule has 1 saturated heterocycles. The Bertz CT molecular complexity index is 779. The number of nitrogens with zero attached hydrogens (tertiary/aromatic N) is 1. The standard InChI is InChI=1S/C23H30N2O2S/c1-23(2,25-15-8-9-16-25)21(17-11-6-5-7-12-17)24-22(26)20-18(27-3)13-10-14-19(20)28-4/h5-7,10-14,21H,8-9,15-16H2,1-4H3,(H,24,26). The third-order valence-electron chi connectivity index (χ3n) is 5.69. The zero-order valence-corrected chi connectivity index (χ0v) is 18.0. The van der Waals surface area contributed by atoms with E-state index in [2.05, 4.69) is 36.2 Å². The van der Waals surface area contributed by atoms with Gasteiger partial charge < -0.3 is 10.1 Å². The molecule has 1 aliphatic rings. The van der Waals surface area contributed by atoms with E-state index >= 15 is 0 Å². The minimum Gasteiger partial charge on any atom is -0.496 e. The molecule has 1 heterocycles. The van der Waals surface area contributed by atoms with E-state index in [1.165, 1.54) is 12.8 Å². The van der Waals surface area contributed by atoms with Gasteiger partial charge in [0, 0.05) is 10.4 Å². The maximum absolute atomic E-state index is 13.4. The number of amides is 1. The molecule has 0 spiro atoms. The van der Waals surface area contributed by atoms with Crippen molar-refractivity contribution >= 4 is 17.7 Å². The first-order valence-electron chi connectivity index (χ1n) is 9.81. The number of ether oxygens (including phenoxy) is 1. The molecular formula is C23H30N2O2S. The van der Waals surface area contributed by atoms with Crippen molar-refractivity contribution in [2.75, 3.05) is 26.5 Å². The maximum atomic E-state index is 13.4. The summed E-state index contributed by atoms with van der Waals surface area (Å²) in [4.78, 5) is 16.8. The minimum atomic E-state index is -0.199. The lowest BCUT2D eigenvalue weighted by Crippen LogP contribution is -2.52. The molecule has 1 aliphatic heterocycles. The minimum absolute atomic E-state index is 0.0945. The summed E-state index contributed by atoms with van der Waals surface area (Å²) in [7, 11) is 1.61. The lowest BCUT2D eigenvalue weighted by molar-refractivity contribution is 0.0773. The molecule has 2 aromatic rings. The number of carbonyl (C=O) groups is 1. The van der Waals surface area contributed by atoms with E-state index < -0.39 is 0 Å². The van der Waals surface area contributed by atoms with Crippen LogP contribution in [0.5, 0.6) is 5.75 Å². The second-order valence-electron chi connectivity index (χ2n) is 7.70. The Morgan fingerprint density at radius 3 is 2.39 bits per heavy atom. The summed E-state index contributed by atoms with van der Waals surface area (Å²) in [5, 5.41) is 3.34. The lowest BCUT2D eigenvalue weighted by atomic mass is 9.86. The highest BCUT2D eigenvalue weighted by Gasteiger charge is 2.39. The van der Waals surface area contributed by atoms with Crippen LogP contribution in [0.2, 0.25) is 0 Å². The highest BCUT2D eigenvalue weighted by atomic mass is 32.2. The van der Waals surface area contributed by atoms with Crippen LogP contribution < -0.4 is 10.1 Å². The maximum Gasteiger partial charge on any atom is 0.256 e. The molecule has 1 atom stereocenters.